The highest BCUT2D eigenvalue weighted by molar-refractivity contribution is 5.94. The van der Waals surface area contributed by atoms with Crippen molar-refractivity contribution in [3.8, 4) is 11.8 Å². The van der Waals surface area contributed by atoms with Crippen molar-refractivity contribution in [3.05, 3.63) is 71.0 Å². The van der Waals surface area contributed by atoms with E-state index in [0.29, 0.717) is 44.0 Å². The molecule has 0 atom stereocenters. The summed E-state index contributed by atoms with van der Waals surface area (Å²) in [6.07, 6.45) is -2.95. The highest BCUT2D eigenvalue weighted by Gasteiger charge is 2.29. The molecule has 2 aromatic carbocycles. The van der Waals surface area contributed by atoms with Crippen LogP contribution in [-0.4, -0.2) is 70.7 Å². The first kappa shape index (κ1) is 31.5. The SMILES string of the molecule is CC(C)C(=O)N1CCCCNC(=O)c2ccc(cc2)Cc2nc(nc(OCC(F)(F)F)n2)NCc2ccc(cc2)OCC1. The van der Waals surface area contributed by atoms with Crippen molar-refractivity contribution in [2.75, 3.05) is 38.2 Å². The number of hydrogen-bond acceptors (Lipinski definition) is 8. The van der Waals surface area contributed by atoms with Crippen molar-refractivity contribution >= 4 is 17.8 Å². The third-order valence-electron chi connectivity index (χ3n) is 6.55. The monoisotopic (exact) mass is 600 g/mol. The summed E-state index contributed by atoms with van der Waals surface area (Å²) >= 11 is 0. The van der Waals surface area contributed by atoms with E-state index in [9.17, 15) is 22.8 Å². The number of alkyl halides is 3. The molecule has 4 aliphatic heterocycles. The molecule has 6 bridgehead atoms. The van der Waals surface area contributed by atoms with Crippen molar-refractivity contribution in [3.63, 3.8) is 0 Å². The van der Waals surface area contributed by atoms with Gasteiger partial charge in [0.2, 0.25) is 11.9 Å². The summed E-state index contributed by atoms with van der Waals surface area (Å²) in [7, 11) is 0. The van der Waals surface area contributed by atoms with Gasteiger partial charge in [0.05, 0.1) is 6.54 Å². The van der Waals surface area contributed by atoms with Gasteiger partial charge < -0.3 is 25.0 Å². The van der Waals surface area contributed by atoms with Crippen LogP contribution in [0.5, 0.6) is 11.8 Å². The van der Waals surface area contributed by atoms with Gasteiger partial charge in [0.15, 0.2) is 6.61 Å². The van der Waals surface area contributed by atoms with E-state index in [4.69, 9.17) is 9.47 Å². The average molecular weight is 601 g/mol. The first-order valence-corrected chi connectivity index (χ1v) is 14.1. The largest absolute Gasteiger partial charge is 0.492 e. The number of ether oxygens (including phenoxy) is 2. The smallest absolute Gasteiger partial charge is 0.422 e. The number of benzene rings is 2. The molecule has 10 nitrogen and oxygen atoms in total. The summed E-state index contributed by atoms with van der Waals surface area (Å²) in [5, 5.41) is 5.91. The minimum Gasteiger partial charge on any atom is -0.492 e. The lowest BCUT2D eigenvalue weighted by molar-refractivity contribution is -0.154. The molecule has 0 aliphatic carbocycles. The van der Waals surface area contributed by atoms with Crippen LogP contribution in [0.2, 0.25) is 0 Å². The van der Waals surface area contributed by atoms with Crippen LogP contribution in [0, 0.1) is 5.92 Å². The number of carbonyl (C=O) groups is 2. The van der Waals surface area contributed by atoms with Crippen LogP contribution in [0.3, 0.4) is 0 Å². The summed E-state index contributed by atoms with van der Waals surface area (Å²) in [6, 6.07) is 13.6. The Morgan fingerprint density at radius 3 is 2.40 bits per heavy atom. The fraction of sp³-hybridized carbons (Fsp3) is 0.433. The number of aromatic nitrogens is 3. The molecule has 0 saturated carbocycles. The Morgan fingerprint density at radius 1 is 0.977 bits per heavy atom. The third kappa shape index (κ3) is 10.1. The molecule has 4 aliphatic rings. The van der Waals surface area contributed by atoms with Gasteiger partial charge in [-0.3, -0.25) is 9.59 Å². The minimum absolute atomic E-state index is 0.0454. The lowest BCUT2D eigenvalue weighted by Crippen LogP contribution is -2.38. The standard InChI is InChI=1S/C30H35F3N6O4/c1-20(2)27(41)39-14-4-3-13-34-26(40)23-9-5-21(6-10-23)17-25-36-28(38-29(37-25)43-19-30(31,32)33)35-18-22-7-11-24(12-8-22)42-16-15-39/h5-12,20H,3-4,13-19H2,1-2H3,(H,34,40)(H,35,36,37,38). The van der Waals surface area contributed by atoms with Gasteiger partial charge in [-0.15, -0.1) is 0 Å². The number of amides is 2. The molecule has 230 valence electrons. The minimum atomic E-state index is -4.55. The van der Waals surface area contributed by atoms with E-state index in [1.165, 1.54) is 0 Å². The number of rotatable bonds is 3. The summed E-state index contributed by atoms with van der Waals surface area (Å²) < 4.78 is 49.0. The van der Waals surface area contributed by atoms with E-state index >= 15 is 0 Å². The lowest BCUT2D eigenvalue weighted by Gasteiger charge is -2.24. The Labute approximate surface area is 248 Å². The maximum Gasteiger partial charge on any atom is 0.422 e. The maximum absolute atomic E-state index is 12.8. The lowest BCUT2D eigenvalue weighted by atomic mass is 10.1. The van der Waals surface area contributed by atoms with Crippen molar-refractivity contribution in [1.29, 1.82) is 0 Å². The fourth-order valence-corrected chi connectivity index (χ4v) is 4.31. The Kier molecular flexibility index (Phi) is 10.7. The van der Waals surface area contributed by atoms with E-state index in [-0.39, 0.29) is 42.5 Å². The second-order valence-electron chi connectivity index (χ2n) is 10.4. The van der Waals surface area contributed by atoms with Crippen LogP contribution in [-0.2, 0) is 17.8 Å². The number of anilines is 1. The molecule has 0 radical (unpaired) electrons. The molecular weight excluding hydrogens is 565 g/mol. The van der Waals surface area contributed by atoms with Crippen molar-refractivity contribution in [2.24, 2.45) is 5.92 Å². The predicted octanol–water partition coefficient (Wildman–Crippen LogP) is 4.40. The van der Waals surface area contributed by atoms with Crippen molar-refractivity contribution in [2.45, 2.75) is 45.8 Å². The Morgan fingerprint density at radius 2 is 1.70 bits per heavy atom. The summed E-state index contributed by atoms with van der Waals surface area (Å²) in [5.41, 5.74) is 2.06. The Bertz CT molecular complexity index is 1370. The molecule has 1 aromatic heterocycles. The van der Waals surface area contributed by atoms with Crippen molar-refractivity contribution in [1.82, 2.24) is 25.2 Å². The number of halogens is 3. The zero-order valence-corrected chi connectivity index (χ0v) is 24.1. The topological polar surface area (TPSA) is 119 Å². The number of hydrogen-bond donors (Lipinski definition) is 2. The summed E-state index contributed by atoms with van der Waals surface area (Å²) in [4.78, 5) is 39.6. The molecule has 0 saturated heterocycles. The maximum atomic E-state index is 12.8. The summed E-state index contributed by atoms with van der Waals surface area (Å²) in [5.74, 6) is 0.564. The predicted molar refractivity (Wildman–Crippen MR) is 153 cm³/mol. The van der Waals surface area contributed by atoms with E-state index in [0.717, 1.165) is 17.5 Å². The third-order valence-corrected chi connectivity index (χ3v) is 6.55. The molecule has 0 unspecified atom stereocenters. The first-order chi connectivity index (χ1) is 20.6. The van der Waals surface area contributed by atoms with Crippen LogP contribution in [0.4, 0.5) is 19.1 Å². The molecule has 43 heavy (non-hydrogen) atoms. The number of nitrogens with zero attached hydrogens (tertiary/aromatic N) is 4. The molecule has 2 amide bonds. The molecule has 0 spiro atoms. The van der Waals surface area contributed by atoms with E-state index in [1.54, 1.807) is 41.3 Å². The van der Waals surface area contributed by atoms with Crippen LogP contribution >= 0.6 is 0 Å². The Hall–Kier alpha value is -4.42. The van der Waals surface area contributed by atoms with Gasteiger partial charge >= 0.3 is 12.2 Å². The fourth-order valence-electron chi connectivity index (χ4n) is 4.31. The van der Waals surface area contributed by atoms with Gasteiger partial charge in [0, 0.05) is 37.5 Å². The molecule has 2 N–H and O–H groups in total. The number of carbonyl (C=O) groups excluding carboxylic acids is 2. The van der Waals surface area contributed by atoms with Gasteiger partial charge in [-0.05, 0) is 48.2 Å². The van der Waals surface area contributed by atoms with Crippen LogP contribution < -0.4 is 20.1 Å². The first-order valence-electron chi connectivity index (χ1n) is 14.1. The van der Waals surface area contributed by atoms with E-state index < -0.39 is 18.8 Å². The Balaban J connectivity index is 1.55. The molecule has 7 rings (SSSR count). The van der Waals surface area contributed by atoms with Crippen LogP contribution in [0.15, 0.2) is 48.5 Å². The molecule has 5 heterocycles. The molecule has 13 heteroatoms. The highest BCUT2D eigenvalue weighted by atomic mass is 19.4. The molecule has 0 fully saturated rings. The molecule has 3 aromatic rings. The molecular formula is C30H35F3N6O4. The van der Waals surface area contributed by atoms with Crippen LogP contribution in [0.25, 0.3) is 0 Å². The second kappa shape index (κ2) is 14.7. The van der Waals surface area contributed by atoms with Gasteiger partial charge in [-0.25, -0.2) is 0 Å². The van der Waals surface area contributed by atoms with E-state index in [1.807, 2.05) is 26.0 Å². The van der Waals surface area contributed by atoms with E-state index in [2.05, 4.69) is 25.6 Å². The highest BCUT2D eigenvalue weighted by Crippen LogP contribution is 2.19. The van der Waals surface area contributed by atoms with Crippen molar-refractivity contribution < 1.29 is 32.2 Å². The normalized spacial score (nSPS) is 15.3. The van der Waals surface area contributed by atoms with Gasteiger partial charge in [0.25, 0.3) is 5.91 Å². The summed E-state index contributed by atoms with van der Waals surface area (Å²) in [6.45, 7) is 4.23. The average Bonchev–Trinajstić information content (AvgIpc) is 2.97. The quantitative estimate of drug-likeness (QED) is 0.454. The van der Waals surface area contributed by atoms with Crippen LogP contribution in [0.1, 0.15) is 54.0 Å². The zero-order chi connectivity index (χ0) is 30.8. The zero-order valence-electron chi connectivity index (χ0n) is 24.1. The van der Waals surface area contributed by atoms with Gasteiger partial charge in [-0.1, -0.05) is 38.1 Å². The van der Waals surface area contributed by atoms with Gasteiger partial charge in [0.1, 0.15) is 18.2 Å². The van der Waals surface area contributed by atoms with Gasteiger partial charge in [-0.2, -0.15) is 28.1 Å². The second-order valence-corrected chi connectivity index (χ2v) is 10.4. The number of nitrogens with one attached hydrogen (secondary N) is 2.